The minimum absolute atomic E-state index is 0.0920. The molecule has 6 nitrogen and oxygen atoms in total. The van der Waals surface area contributed by atoms with Crippen molar-refractivity contribution in [3.8, 4) is 0 Å². The third kappa shape index (κ3) is 67.9. The molecule has 0 aromatic carbocycles. The zero-order valence-electron chi connectivity index (χ0n) is 55.0. The standard InChI is InChI=1S/C76H138O6/c1-4-7-10-13-16-19-22-25-27-29-31-33-35-37-39-40-42-44-46-48-51-54-57-60-63-66-69-75(78)81-72-73(71-80-74(77)68-65-62-59-56-53-50-24-21-18-15-12-9-6-3)82-76(79)70-67-64-61-58-55-52-49-47-45-43-41-38-36-34-32-30-28-26-23-20-17-14-11-8-5-2/h9,12,18,21,30,32,50,53,59,62,73H,4-8,10-11,13-17,19-20,22-29,31,33-49,51-52,54-58,60-61,63-72H2,1-3H3/b12-9-,21-18-,32-30-,53-50-,62-59-. The summed E-state index contributed by atoms with van der Waals surface area (Å²) in [6.45, 7) is 6.53. The molecule has 0 rings (SSSR count). The van der Waals surface area contributed by atoms with Crippen molar-refractivity contribution in [3.63, 3.8) is 0 Å². The van der Waals surface area contributed by atoms with Crippen LogP contribution in [0.4, 0.5) is 0 Å². The van der Waals surface area contributed by atoms with Gasteiger partial charge in [0.05, 0.1) is 0 Å². The Labute approximate surface area is 510 Å². The summed E-state index contributed by atoms with van der Waals surface area (Å²) in [4.78, 5) is 38.4. The molecule has 0 heterocycles. The highest BCUT2D eigenvalue weighted by atomic mass is 16.6. The van der Waals surface area contributed by atoms with E-state index in [9.17, 15) is 14.4 Å². The van der Waals surface area contributed by atoms with Crippen molar-refractivity contribution in [3.05, 3.63) is 60.8 Å². The molecule has 0 aliphatic heterocycles. The van der Waals surface area contributed by atoms with Crippen LogP contribution in [0.1, 0.15) is 387 Å². The number of allylic oxidation sites excluding steroid dienone is 10. The highest BCUT2D eigenvalue weighted by Crippen LogP contribution is 2.19. The third-order valence-corrected chi connectivity index (χ3v) is 16.3. The van der Waals surface area contributed by atoms with Crippen LogP contribution in [0, 0.1) is 0 Å². The summed E-state index contributed by atoms with van der Waals surface area (Å²) in [5.74, 6) is -0.953. The molecule has 0 radical (unpaired) electrons. The average Bonchev–Trinajstić information content (AvgIpc) is 3.47. The number of esters is 3. The first-order valence-corrected chi connectivity index (χ1v) is 36.3. The molecule has 0 bridgehead atoms. The monoisotopic (exact) mass is 1150 g/mol. The van der Waals surface area contributed by atoms with Crippen LogP contribution in [0.25, 0.3) is 0 Å². The van der Waals surface area contributed by atoms with Crippen molar-refractivity contribution >= 4 is 17.9 Å². The number of carbonyl (C=O) groups excluding carboxylic acids is 3. The molecule has 0 aliphatic carbocycles. The molecule has 0 aliphatic rings. The summed E-state index contributed by atoms with van der Waals surface area (Å²) in [6, 6.07) is 0. The van der Waals surface area contributed by atoms with E-state index in [1.165, 1.54) is 276 Å². The van der Waals surface area contributed by atoms with E-state index in [0.29, 0.717) is 19.3 Å². The van der Waals surface area contributed by atoms with Gasteiger partial charge in [0.2, 0.25) is 0 Å². The number of ether oxygens (including phenoxy) is 3. The lowest BCUT2D eigenvalue weighted by Gasteiger charge is -2.18. The molecule has 1 unspecified atom stereocenters. The van der Waals surface area contributed by atoms with Gasteiger partial charge in [-0.25, -0.2) is 0 Å². The van der Waals surface area contributed by atoms with Crippen molar-refractivity contribution in [2.45, 2.75) is 393 Å². The molecule has 0 aromatic rings. The van der Waals surface area contributed by atoms with Crippen LogP contribution >= 0.6 is 0 Å². The number of carbonyl (C=O) groups is 3. The lowest BCUT2D eigenvalue weighted by molar-refractivity contribution is -0.166. The normalized spacial score (nSPS) is 12.4. The van der Waals surface area contributed by atoms with E-state index in [-0.39, 0.29) is 37.5 Å². The summed E-state index contributed by atoms with van der Waals surface area (Å²) >= 11 is 0. The van der Waals surface area contributed by atoms with Gasteiger partial charge in [-0.2, -0.15) is 0 Å². The van der Waals surface area contributed by atoms with E-state index in [0.717, 1.165) is 64.2 Å². The molecular formula is C76H138O6. The Morgan fingerprint density at radius 1 is 0.256 bits per heavy atom. The number of rotatable bonds is 67. The van der Waals surface area contributed by atoms with E-state index in [4.69, 9.17) is 14.2 Å². The Bertz CT molecular complexity index is 1460. The Morgan fingerprint density at radius 3 is 0.817 bits per heavy atom. The van der Waals surface area contributed by atoms with Gasteiger partial charge in [-0.1, -0.05) is 358 Å². The Hall–Kier alpha value is -2.89. The van der Waals surface area contributed by atoms with Crippen LogP contribution in [0.15, 0.2) is 60.8 Å². The van der Waals surface area contributed by atoms with Crippen molar-refractivity contribution in [2.24, 2.45) is 0 Å². The first-order chi connectivity index (χ1) is 40.5. The lowest BCUT2D eigenvalue weighted by atomic mass is 10.0. The number of hydrogen-bond donors (Lipinski definition) is 0. The minimum atomic E-state index is -0.803. The molecule has 0 fully saturated rings. The van der Waals surface area contributed by atoms with Gasteiger partial charge in [-0.15, -0.1) is 0 Å². The van der Waals surface area contributed by atoms with Crippen molar-refractivity contribution in [1.82, 2.24) is 0 Å². The predicted octanol–water partition coefficient (Wildman–Crippen LogP) is 25.1. The molecule has 0 N–H and O–H groups in total. The zero-order valence-corrected chi connectivity index (χ0v) is 55.0. The van der Waals surface area contributed by atoms with Crippen molar-refractivity contribution in [1.29, 1.82) is 0 Å². The van der Waals surface area contributed by atoms with Gasteiger partial charge >= 0.3 is 17.9 Å². The lowest BCUT2D eigenvalue weighted by Crippen LogP contribution is -2.30. The van der Waals surface area contributed by atoms with Gasteiger partial charge in [-0.05, 0) is 70.6 Å². The van der Waals surface area contributed by atoms with Gasteiger partial charge < -0.3 is 14.2 Å². The summed E-state index contributed by atoms with van der Waals surface area (Å²) in [5, 5.41) is 0. The predicted molar refractivity (Wildman–Crippen MR) is 358 cm³/mol. The van der Waals surface area contributed by atoms with Gasteiger partial charge in [0, 0.05) is 19.3 Å². The third-order valence-electron chi connectivity index (χ3n) is 16.3. The fourth-order valence-corrected chi connectivity index (χ4v) is 10.9. The van der Waals surface area contributed by atoms with Crippen LogP contribution in [0.3, 0.4) is 0 Å². The van der Waals surface area contributed by atoms with Crippen LogP contribution in [0.2, 0.25) is 0 Å². The SMILES string of the molecule is CC/C=C\C/C=C\C/C=C\C/C=C\CCC(=O)OCC(COC(=O)CCCCCCCCCCCCCCCCCCCCCCCCCCCC)OC(=O)CCCCCCCCCCCCCCC/C=C\CCCCCCCCCC. The maximum Gasteiger partial charge on any atom is 0.306 e. The van der Waals surface area contributed by atoms with Crippen LogP contribution < -0.4 is 0 Å². The van der Waals surface area contributed by atoms with Crippen LogP contribution in [0.5, 0.6) is 0 Å². The molecule has 0 spiro atoms. The fraction of sp³-hybridized carbons (Fsp3) is 0.829. The van der Waals surface area contributed by atoms with E-state index >= 15 is 0 Å². The van der Waals surface area contributed by atoms with E-state index < -0.39 is 6.10 Å². The molecule has 0 amide bonds. The van der Waals surface area contributed by atoms with Gasteiger partial charge in [0.15, 0.2) is 6.10 Å². The molecule has 1 atom stereocenters. The maximum absolute atomic E-state index is 13.0. The Balaban J connectivity index is 4.24. The quantitative estimate of drug-likeness (QED) is 0.0261. The van der Waals surface area contributed by atoms with Crippen LogP contribution in [-0.4, -0.2) is 37.2 Å². The Kier molecular flexibility index (Phi) is 68.1. The molecule has 6 heteroatoms. The first-order valence-electron chi connectivity index (χ1n) is 36.3. The van der Waals surface area contributed by atoms with Crippen molar-refractivity contribution < 1.29 is 28.6 Å². The largest absolute Gasteiger partial charge is 0.462 e. The summed E-state index contributed by atoms with van der Waals surface area (Å²) in [5.41, 5.74) is 0. The molecule has 0 aromatic heterocycles. The van der Waals surface area contributed by atoms with Gasteiger partial charge in [0.1, 0.15) is 13.2 Å². The maximum atomic E-state index is 13.0. The second kappa shape index (κ2) is 70.6. The Morgan fingerprint density at radius 2 is 0.500 bits per heavy atom. The van der Waals surface area contributed by atoms with Gasteiger partial charge in [0.25, 0.3) is 0 Å². The average molecular weight is 1150 g/mol. The van der Waals surface area contributed by atoms with E-state index in [1.807, 2.05) is 6.08 Å². The van der Waals surface area contributed by atoms with E-state index in [2.05, 4.69) is 75.5 Å². The minimum Gasteiger partial charge on any atom is -0.462 e. The molecule has 478 valence electrons. The smallest absolute Gasteiger partial charge is 0.306 e. The summed E-state index contributed by atoms with van der Waals surface area (Å²) < 4.78 is 16.9. The zero-order chi connectivity index (χ0) is 59.2. The molecular weight excluding hydrogens is 1010 g/mol. The second-order valence-electron chi connectivity index (χ2n) is 24.5. The summed E-state index contributed by atoms with van der Waals surface area (Å²) in [6.07, 6.45) is 91.5. The fourth-order valence-electron chi connectivity index (χ4n) is 10.9. The first kappa shape index (κ1) is 79.1. The molecule has 0 saturated carbocycles. The molecule has 82 heavy (non-hydrogen) atoms. The number of unbranched alkanes of at least 4 members (excludes halogenated alkanes) is 46. The van der Waals surface area contributed by atoms with Crippen molar-refractivity contribution in [2.75, 3.05) is 13.2 Å². The highest BCUT2D eigenvalue weighted by Gasteiger charge is 2.19. The molecule has 0 saturated heterocycles. The second-order valence-corrected chi connectivity index (χ2v) is 24.5. The number of hydrogen-bond acceptors (Lipinski definition) is 6. The highest BCUT2D eigenvalue weighted by molar-refractivity contribution is 5.71. The topological polar surface area (TPSA) is 78.9 Å². The summed E-state index contributed by atoms with van der Waals surface area (Å²) in [7, 11) is 0. The van der Waals surface area contributed by atoms with Gasteiger partial charge in [-0.3, -0.25) is 14.4 Å². The van der Waals surface area contributed by atoms with E-state index in [1.54, 1.807) is 0 Å². The van der Waals surface area contributed by atoms with Crippen LogP contribution in [-0.2, 0) is 28.6 Å².